The van der Waals surface area contributed by atoms with Crippen LogP contribution in [-0.2, 0) is 4.79 Å². The number of amides is 1. The fourth-order valence-electron chi connectivity index (χ4n) is 1.83. The van der Waals surface area contributed by atoms with E-state index in [1.54, 1.807) is 32.4 Å². The lowest BCUT2D eigenvalue weighted by molar-refractivity contribution is -0.117. The molecule has 0 spiro atoms. The second kappa shape index (κ2) is 5.93. The van der Waals surface area contributed by atoms with Crippen molar-refractivity contribution < 1.29 is 14.3 Å². The van der Waals surface area contributed by atoms with Crippen molar-refractivity contribution in [1.29, 1.82) is 0 Å². The predicted molar refractivity (Wildman–Crippen MR) is 73.8 cm³/mol. The smallest absolute Gasteiger partial charge is 0.241 e. The van der Waals surface area contributed by atoms with E-state index in [1.807, 2.05) is 6.92 Å². The molecule has 1 saturated carbocycles. The molecule has 1 fully saturated rings. The number of hydrogen-bond acceptors (Lipinski definition) is 4. The molecule has 1 aromatic carbocycles. The van der Waals surface area contributed by atoms with E-state index in [0.717, 1.165) is 12.8 Å². The van der Waals surface area contributed by atoms with Crippen LogP contribution >= 0.6 is 0 Å². The van der Waals surface area contributed by atoms with Crippen LogP contribution in [0.25, 0.3) is 0 Å². The number of carbonyl (C=O) groups excluding carboxylic acids is 1. The SMILES string of the molecule is COc1ccc(OC)c(NC(=O)C(C)NC2CC2)c1. The van der Waals surface area contributed by atoms with Crippen LogP contribution in [0.1, 0.15) is 19.8 Å². The molecule has 1 atom stereocenters. The Bertz CT molecular complexity index is 458. The molecule has 5 nitrogen and oxygen atoms in total. The largest absolute Gasteiger partial charge is 0.497 e. The Morgan fingerprint density at radius 3 is 2.63 bits per heavy atom. The topological polar surface area (TPSA) is 59.6 Å². The van der Waals surface area contributed by atoms with Gasteiger partial charge >= 0.3 is 0 Å². The van der Waals surface area contributed by atoms with Gasteiger partial charge in [-0.3, -0.25) is 4.79 Å². The molecule has 2 rings (SSSR count). The van der Waals surface area contributed by atoms with E-state index in [-0.39, 0.29) is 11.9 Å². The lowest BCUT2D eigenvalue weighted by Gasteiger charge is -2.16. The minimum Gasteiger partial charge on any atom is -0.497 e. The van der Waals surface area contributed by atoms with Gasteiger partial charge in [0, 0.05) is 12.1 Å². The highest BCUT2D eigenvalue weighted by molar-refractivity contribution is 5.96. The number of ether oxygens (including phenoxy) is 2. The van der Waals surface area contributed by atoms with E-state index in [0.29, 0.717) is 23.2 Å². The monoisotopic (exact) mass is 264 g/mol. The Kier molecular flexibility index (Phi) is 4.27. The Hall–Kier alpha value is -1.75. The van der Waals surface area contributed by atoms with Gasteiger partial charge in [0.15, 0.2) is 0 Å². The van der Waals surface area contributed by atoms with Crippen molar-refractivity contribution in [2.24, 2.45) is 0 Å². The third-order valence-corrected chi connectivity index (χ3v) is 3.12. The van der Waals surface area contributed by atoms with E-state index in [1.165, 1.54) is 0 Å². The Labute approximate surface area is 113 Å². The van der Waals surface area contributed by atoms with Crippen LogP contribution in [0, 0.1) is 0 Å². The van der Waals surface area contributed by atoms with Gasteiger partial charge in [0.05, 0.1) is 25.9 Å². The zero-order valence-electron chi connectivity index (χ0n) is 11.5. The van der Waals surface area contributed by atoms with Gasteiger partial charge in [0.25, 0.3) is 0 Å². The maximum Gasteiger partial charge on any atom is 0.241 e. The Morgan fingerprint density at radius 2 is 2.05 bits per heavy atom. The minimum atomic E-state index is -0.219. The Morgan fingerprint density at radius 1 is 1.32 bits per heavy atom. The first-order chi connectivity index (χ1) is 9.13. The summed E-state index contributed by atoms with van der Waals surface area (Å²) in [7, 11) is 3.16. The molecule has 104 valence electrons. The molecule has 1 unspecified atom stereocenters. The summed E-state index contributed by atoms with van der Waals surface area (Å²) < 4.78 is 10.4. The quantitative estimate of drug-likeness (QED) is 0.822. The van der Waals surface area contributed by atoms with Crippen molar-refractivity contribution >= 4 is 11.6 Å². The van der Waals surface area contributed by atoms with Gasteiger partial charge in [-0.15, -0.1) is 0 Å². The van der Waals surface area contributed by atoms with Crippen LogP contribution in [0.2, 0.25) is 0 Å². The molecule has 0 aromatic heterocycles. The molecule has 0 heterocycles. The van der Waals surface area contributed by atoms with Crippen LogP contribution in [0.15, 0.2) is 18.2 Å². The van der Waals surface area contributed by atoms with E-state index in [4.69, 9.17) is 9.47 Å². The second-order valence-electron chi connectivity index (χ2n) is 4.72. The number of nitrogens with one attached hydrogen (secondary N) is 2. The lowest BCUT2D eigenvalue weighted by Crippen LogP contribution is -2.39. The summed E-state index contributed by atoms with van der Waals surface area (Å²) >= 11 is 0. The maximum absolute atomic E-state index is 12.1. The van der Waals surface area contributed by atoms with Gasteiger partial charge in [-0.1, -0.05) is 0 Å². The van der Waals surface area contributed by atoms with Gasteiger partial charge in [0.2, 0.25) is 5.91 Å². The van der Waals surface area contributed by atoms with Crippen LogP contribution < -0.4 is 20.1 Å². The van der Waals surface area contributed by atoms with Crippen molar-refractivity contribution in [3.63, 3.8) is 0 Å². The first kappa shape index (κ1) is 13.7. The Balaban J connectivity index is 2.05. The van der Waals surface area contributed by atoms with Crippen molar-refractivity contribution in [3.05, 3.63) is 18.2 Å². The third-order valence-electron chi connectivity index (χ3n) is 3.12. The van der Waals surface area contributed by atoms with Gasteiger partial charge < -0.3 is 20.1 Å². The summed E-state index contributed by atoms with van der Waals surface area (Å²) in [6.45, 7) is 1.86. The van der Waals surface area contributed by atoms with Crippen molar-refractivity contribution in [3.8, 4) is 11.5 Å². The molecule has 1 amide bonds. The van der Waals surface area contributed by atoms with E-state index < -0.39 is 0 Å². The highest BCUT2D eigenvalue weighted by Gasteiger charge is 2.26. The summed E-state index contributed by atoms with van der Waals surface area (Å²) in [6, 6.07) is 5.59. The third kappa shape index (κ3) is 3.61. The molecule has 5 heteroatoms. The van der Waals surface area contributed by atoms with E-state index in [2.05, 4.69) is 10.6 Å². The van der Waals surface area contributed by atoms with Gasteiger partial charge in [-0.25, -0.2) is 0 Å². The van der Waals surface area contributed by atoms with Crippen LogP contribution in [0.5, 0.6) is 11.5 Å². The van der Waals surface area contributed by atoms with E-state index >= 15 is 0 Å². The molecule has 2 N–H and O–H groups in total. The van der Waals surface area contributed by atoms with Crippen LogP contribution in [-0.4, -0.2) is 32.2 Å². The summed E-state index contributed by atoms with van der Waals surface area (Å²) in [5.74, 6) is 1.23. The predicted octanol–water partition coefficient (Wildman–Crippen LogP) is 1.78. The number of carbonyl (C=O) groups is 1. The minimum absolute atomic E-state index is 0.0709. The van der Waals surface area contributed by atoms with Crippen molar-refractivity contribution in [2.45, 2.75) is 31.8 Å². The summed E-state index contributed by atoms with van der Waals surface area (Å²) in [6.07, 6.45) is 2.31. The molecule has 0 bridgehead atoms. The number of hydrogen-bond donors (Lipinski definition) is 2. The van der Waals surface area contributed by atoms with Crippen LogP contribution in [0.3, 0.4) is 0 Å². The van der Waals surface area contributed by atoms with Gasteiger partial charge in [0.1, 0.15) is 11.5 Å². The van der Waals surface area contributed by atoms with Gasteiger partial charge in [-0.05, 0) is 31.9 Å². The molecular formula is C14H20N2O3. The molecule has 0 radical (unpaired) electrons. The van der Waals surface area contributed by atoms with Crippen LogP contribution in [0.4, 0.5) is 5.69 Å². The van der Waals surface area contributed by atoms with Crippen molar-refractivity contribution in [1.82, 2.24) is 5.32 Å². The summed E-state index contributed by atoms with van der Waals surface area (Å²) in [5, 5.41) is 6.12. The summed E-state index contributed by atoms with van der Waals surface area (Å²) in [5.41, 5.74) is 0.622. The normalized spacial score (nSPS) is 15.7. The molecular weight excluding hydrogens is 244 g/mol. The molecule has 1 aliphatic carbocycles. The molecule has 0 saturated heterocycles. The average molecular weight is 264 g/mol. The fourth-order valence-corrected chi connectivity index (χ4v) is 1.83. The number of anilines is 1. The average Bonchev–Trinajstić information content (AvgIpc) is 3.22. The van der Waals surface area contributed by atoms with Crippen molar-refractivity contribution in [2.75, 3.05) is 19.5 Å². The number of methoxy groups -OCH3 is 2. The zero-order valence-corrected chi connectivity index (χ0v) is 11.5. The fraction of sp³-hybridized carbons (Fsp3) is 0.500. The first-order valence-corrected chi connectivity index (χ1v) is 6.43. The maximum atomic E-state index is 12.1. The zero-order chi connectivity index (χ0) is 13.8. The first-order valence-electron chi connectivity index (χ1n) is 6.43. The molecule has 1 aliphatic rings. The van der Waals surface area contributed by atoms with E-state index in [9.17, 15) is 4.79 Å². The lowest BCUT2D eigenvalue weighted by atomic mass is 10.2. The molecule has 19 heavy (non-hydrogen) atoms. The second-order valence-corrected chi connectivity index (χ2v) is 4.72. The molecule has 1 aromatic rings. The highest BCUT2D eigenvalue weighted by atomic mass is 16.5. The number of rotatable bonds is 6. The summed E-state index contributed by atoms with van der Waals surface area (Å²) in [4.78, 5) is 12.1. The van der Waals surface area contributed by atoms with Gasteiger partial charge in [-0.2, -0.15) is 0 Å². The standard InChI is InChI=1S/C14H20N2O3/c1-9(15-10-4-5-10)14(17)16-12-8-11(18-2)6-7-13(12)19-3/h6-10,15H,4-5H2,1-3H3,(H,16,17). The number of benzene rings is 1. The highest BCUT2D eigenvalue weighted by Crippen LogP contribution is 2.29. The molecule has 0 aliphatic heterocycles.